The van der Waals surface area contributed by atoms with E-state index in [0.717, 1.165) is 13.0 Å². The van der Waals surface area contributed by atoms with Crippen LogP contribution in [0.15, 0.2) is 27.6 Å². The SMILES string of the molecule is CCOc1ccc(Br)cc1S(=O)(=O)NCCCN1CCCC1=O. The second kappa shape index (κ2) is 8.12. The Morgan fingerprint density at radius 1 is 1.39 bits per heavy atom. The fourth-order valence-corrected chi connectivity index (χ4v) is 4.22. The average molecular weight is 405 g/mol. The first-order valence-corrected chi connectivity index (χ1v) is 9.91. The van der Waals surface area contributed by atoms with E-state index in [-0.39, 0.29) is 17.3 Å². The van der Waals surface area contributed by atoms with Gasteiger partial charge in [-0.15, -0.1) is 0 Å². The molecule has 1 aliphatic heterocycles. The molecule has 1 aliphatic rings. The average Bonchev–Trinajstić information content (AvgIpc) is 2.91. The van der Waals surface area contributed by atoms with Crippen LogP contribution >= 0.6 is 15.9 Å². The molecule has 8 heteroatoms. The van der Waals surface area contributed by atoms with E-state index in [0.29, 0.717) is 36.2 Å². The number of carbonyl (C=O) groups excluding carboxylic acids is 1. The molecule has 1 amide bonds. The molecule has 0 bridgehead atoms. The summed E-state index contributed by atoms with van der Waals surface area (Å²) in [5, 5.41) is 0. The van der Waals surface area contributed by atoms with E-state index in [1.54, 1.807) is 24.0 Å². The van der Waals surface area contributed by atoms with Crippen molar-refractivity contribution in [2.45, 2.75) is 31.1 Å². The second-order valence-corrected chi connectivity index (χ2v) is 7.91. The topological polar surface area (TPSA) is 75.7 Å². The summed E-state index contributed by atoms with van der Waals surface area (Å²) in [6.07, 6.45) is 2.07. The number of nitrogens with one attached hydrogen (secondary N) is 1. The lowest BCUT2D eigenvalue weighted by Gasteiger charge is -2.16. The molecule has 128 valence electrons. The van der Waals surface area contributed by atoms with Crippen LogP contribution in [-0.2, 0) is 14.8 Å². The van der Waals surface area contributed by atoms with Crippen LogP contribution in [0.4, 0.5) is 0 Å². The maximum atomic E-state index is 12.4. The minimum absolute atomic E-state index is 0.117. The van der Waals surface area contributed by atoms with Crippen LogP contribution in [0.1, 0.15) is 26.2 Å². The van der Waals surface area contributed by atoms with E-state index in [1.165, 1.54) is 6.07 Å². The molecule has 0 aliphatic carbocycles. The van der Waals surface area contributed by atoms with Gasteiger partial charge in [0.2, 0.25) is 15.9 Å². The zero-order chi connectivity index (χ0) is 16.9. The second-order valence-electron chi connectivity index (χ2n) is 5.26. The summed E-state index contributed by atoms with van der Waals surface area (Å²) in [5.74, 6) is 0.483. The smallest absolute Gasteiger partial charge is 0.244 e. The number of hydrogen-bond acceptors (Lipinski definition) is 4. The molecule has 0 unspecified atom stereocenters. The third-order valence-electron chi connectivity index (χ3n) is 3.56. The van der Waals surface area contributed by atoms with Crippen molar-refractivity contribution in [3.8, 4) is 5.75 Å². The van der Waals surface area contributed by atoms with Crippen LogP contribution in [-0.4, -0.2) is 45.5 Å². The minimum Gasteiger partial charge on any atom is -0.492 e. The number of amides is 1. The molecular weight excluding hydrogens is 384 g/mol. The summed E-state index contributed by atoms with van der Waals surface area (Å²) in [6, 6.07) is 4.89. The maximum absolute atomic E-state index is 12.4. The highest BCUT2D eigenvalue weighted by Gasteiger charge is 2.21. The maximum Gasteiger partial charge on any atom is 0.244 e. The molecule has 0 aromatic heterocycles. The Morgan fingerprint density at radius 3 is 2.83 bits per heavy atom. The lowest BCUT2D eigenvalue weighted by atomic mass is 10.3. The van der Waals surface area contributed by atoms with Gasteiger partial charge >= 0.3 is 0 Å². The summed E-state index contributed by atoms with van der Waals surface area (Å²) in [6.45, 7) is 3.83. The number of benzene rings is 1. The van der Waals surface area contributed by atoms with Crippen LogP contribution in [0, 0.1) is 0 Å². The number of hydrogen-bond donors (Lipinski definition) is 1. The number of rotatable bonds is 8. The molecule has 0 radical (unpaired) electrons. The molecule has 23 heavy (non-hydrogen) atoms. The number of ether oxygens (including phenoxy) is 1. The molecule has 6 nitrogen and oxygen atoms in total. The number of halogens is 1. The molecule has 1 N–H and O–H groups in total. The highest BCUT2D eigenvalue weighted by molar-refractivity contribution is 9.10. The Balaban J connectivity index is 1.96. The van der Waals surface area contributed by atoms with Gasteiger partial charge in [-0.25, -0.2) is 13.1 Å². The predicted octanol–water partition coefficient (Wildman–Crippen LogP) is 2.14. The van der Waals surface area contributed by atoms with Crippen molar-refractivity contribution < 1.29 is 17.9 Å². The van der Waals surface area contributed by atoms with Gasteiger partial charge in [-0.05, 0) is 38.0 Å². The molecule has 1 aromatic rings. The molecule has 1 fully saturated rings. The predicted molar refractivity (Wildman–Crippen MR) is 90.9 cm³/mol. The van der Waals surface area contributed by atoms with Gasteiger partial charge in [-0.1, -0.05) is 15.9 Å². The summed E-state index contributed by atoms with van der Waals surface area (Å²) >= 11 is 3.28. The zero-order valence-corrected chi connectivity index (χ0v) is 15.5. The highest BCUT2D eigenvalue weighted by Crippen LogP contribution is 2.27. The lowest BCUT2D eigenvalue weighted by molar-refractivity contribution is -0.127. The monoisotopic (exact) mass is 404 g/mol. The van der Waals surface area contributed by atoms with Crippen molar-refractivity contribution in [1.29, 1.82) is 0 Å². The van der Waals surface area contributed by atoms with Gasteiger partial charge in [-0.2, -0.15) is 0 Å². The van der Waals surface area contributed by atoms with E-state index >= 15 is 0 Å². The van der Waals surface area contributed by atoms with Gasteiger partial charge in [0.15, 0.2) is 0 Å². The van der Waals surface area contributed by atoms with Crippen LogP contribution in [0.25, 0.3) is 0 Å². The molecule has 1 saturated heterocycles. The van der Waals surface area contributed by atoms with Gasteiger partial charge in [0.25, 0.3) is 0 Å². The van der Waals surface area contributed by atoms with Gasteiger partial charge in [0, 0.05) is 30.5 Å². The van der Waals surface area contributed by atoms with E-state index in [9.17, 15) is 13.2 Å². The van der Waals surface area contributed by atoms with Crippen molar-refractivity contribution in [2.75, 3.05) is 26.2 Å². The first kappa shape index (κ1) is 18.2. The van der Waals surface area contributed by atoms with Crippen LogP contribution in [0.3, 0.4) is 0 Å². The van der Waals surface area contributed by atoms with Crippen LogP contribution in [0.2, 0.25) is 0 Å². The summed E-state index contributed by atoms with van der Waals surface area (Å²) in [4.78, 5) is 13.4. The first-order valence-electron chi connectivity index (χ1n) is 7.64. The van der Waals surface area contributed by atoms with Gasteiger partial charge in [0.05, 0.1) is 6.61 Å². The fourth-order valence-electron chi connectivity index (χ4n) is 2.46. The Hall–Kier alpha value is -1.12. The Kier molecular flexibility index (Phi) is 6.43. The zero-order valence-electron chi connectivity index (χ0n) is 13.0. The third-order valence-corrected chi connectivity index (χ3v) is 5.54. The summed E-state index contributed by atoms with van der Waals surface area (Å²) < 4.78 is 33.5. The Bertz CT molecular complexity index is 663. The largest absolute Gasteiger partial charge is 0.492 e. The number of likely N-dealkylation sites (tertiary alicyclic amines) is 1. The van der Waals surface area contributed by atoms with E-state index < -0.39 is 10.0 Å². The van der Waals surface area contributed by atoms with Crippen LogP contribution in [0.5, 0.6) is 5.75 Å². The molecule has 0 atom stereocenters. The van der Waals surface area contributed by atoms with Crippen molar-refractivity contribution in [2.24, 2.45) is 0 Å². The standard InChI is InChI=1S/C15H21BrN2O4S/c1-2-22-13-7-6-12(16)11-14(13)23(20,21)17-8-4-10-18-9-3-5-15(18)19/h6-7,11,17H,2-5,8-10H2,1H3. The fraction of sp³-hybridized carbons (Fsp3) is 0.533. The van der Waals surface area contributed by atoms with E-state index in [1.807, 2.05) is 0 Å². The van der Waals surface area contributed by atoms with E-state index in [2.05, 4.69) is 20.7 Å². The number of sulfonamides is 1. The molecule has 0 spiro atoms. The summed E-state index contributed by atoms with van der Waals surface area (Å²) in [7, 11) is -3.65. The highest BCUT2D eigenvalue weighted by atomic mass is 79.9. The molecule has 0 saturated carbocycles. The first-order chi connectivity index (χ1) is 10.9. The molecule has 1 aromatic carbocycles. The van der Waals surface area contributed by atoms with Gasteiger partial charge < -0.3 is 9.64 Å². The van der Waals surface area contributed by atoms with Gasteiger partial charge in [-0.3, -0.25) is 4.79 Å². The number of nitrogens with zero attached hydrogens (tertiary/aromatic N) is 1. The normalized spacial score (nSPS) is 15.2. The molecule has 2 rings (SSSR count). The van der Waals surface area contributed by atoms with Crippen molar-refractivity contribution in [3.63, 3.8) is 0 Å². The quantitative estimate of drug-likeness (QED) is 0.673. The van der Waals surface area contributed by atoms with Crippen molar-refractivity contribution >= 4 is 31.9 Å². The van der Waals surface area contributed by atoms with Crippen molar-refractivity contribution in [1.82, 2.24) is 9.62 Å². The summed E-state index contributed by atoms with van der Waals surface area (Å²) in [5.41, 5.74) is 0. The van der Waals surface area contributed by atoms with Crippen molar-refractivity contribution in [3.05, 3.63) is 22.7 Å². The van der Waals surface area contributed by atoms with Crippen LogP contribution < -0.4 is 9.46 Å². The Morgan fingerprint density at radius 2 is 2.17 bits per heavy atom. The van der Waals surface area contributed by atoms with E-state index in [4.69, 9.17) is 4.74 Å². The minimum atomic E-state index is -3.65. The number of carbonyl (C=O) groups is 1. The van der Waals surface area contributed by atoms with Gasteiger partial charge in [0.1, 0.15) is 10.6 Å². The lowest BCUT2D eigenvalue weighted by Crippen LogP contribution is -2.30. The Labute approximate surface area is 145 Å². The third kappa shape index (κ3) is 4.92. The molecule has 1 heterocycles. The molecular formula is C15H21BrN2O4S.